The summed E-state index contributed by atoms with van der Waals surface area (Å²) in [5.74, 6) is -0.780. The second-order valence-corrected chi connectivity index (χ2v) is 6.58. The van der Waals surface area contributed by atoms with Crippen LogP contribution in [0.25, 0.3) is 11.1 Å². The van der Waals surface area contributed by atoms with Gasteiger partial charge in [0.2, 0.25) is 5.91 Å². The molecule has 146 valence electrons. The van der Waals surface area contributed by atoms with Crippen LogP contribution in [0.2, 0.25) is 0 Å². The number of aryl methyl sites for hydroxylation is 1. The van der Waals surface area contributed by atoms with Gasteiger partial charge in [0.25, 0.3) is 0 Å². The molecule has 0 bridgehead atoms. The topological polar surface area (TPSA) is 105 Å². The Labute approximate surface area is 161 Å². The lowest BCUT2D eigenvalue weighted by molar-refractivity contribution is -0.116. The van der Waals surface area contributed by atoms with Crippen LogP contribution >= 0.6 is 0 Å². The minimum atomic E-state index is -0.499. The zero-order chi connectivity index (χ0) is 20.1. The molecule has 0 saturated carbocycles. The van der Waals surface area contributed by atoms with E-state index in [0.29, 0.717) is 22.5 Å². The molecule has 8 heteroatoms. The van der Waals surface area contributed by atoms with Gasteiger partial charge in [-0.15, -0.1) is 0 Å². The highest BCUT2D eigenvalue weighted by molar-refractivity contribution is 5.99. The van der Waals surface area contributed by atoms with Crippen molar-refractivity contribution < 1.29 is 14.0 Å². The molecule has 0 spiro atoms. The number of hydrogen-bond donors (Lipinski definition) is 3. The van der Waals surface area contributed by atoms with E-state index < -0.39 is 5.76 Å². The third kappa shape index (κ3) is 4.59. The first-order valence-corrected chi connectivity index (χ1v) is 8.99. The summed E-state index contributed by atoms with van der Waals surface area (Å²) in [5.41, 5.74) is 2.10. The Hall–Kier alpha value is -3.55. The maximum atomic E-state index is 12.4. The van der Waals surface area contributed by atoms with Gasteiger partial charge in [-0.3, -0.25) is 9.36 Å². The average Bonchev–Trinajstić information content (AvgIpc) is 2.96. The van der Waals surface area contributed by atoms with Crippen LogP contribution < -0.4 is 21.7 Å². The van der Waals surface area contributed by atoms with Crippen LogP contribution in [0.5, 0.6) is 0 Å². The van der Waals surface area contributed by atoms with Crippen LogP contribution in [-0.4, -0.2) is 22.5 Å². The normalized spacial score (nSPS) is 10.8. The van der Waals surface area contributed by atoms with E-state index in [1.54, 1.807) is 48.5 Å². The number of hydrogen-bond acceptors (Lipinski definition) is 4. The van der Waals surface area contributed by atoms with Crippen LogP contribution in [0.4, 0.5) is 16.2 Å². The highest BCUT2D eigenvalue weighted by Crippen LogP contribution is 2.21. The van der Waals surface area contributed by atoms with Crippen molar-refractivity contribution in [2.75, 3.05) is 10.6 Å². The lowest BCUT2D eigenvalue weighted by Gasteiger charge is -2.14. The summed E-state index contributed by atoms with van der Waals surface area (Å²) in [5, 5.41) is 8.21. The maximum Gasteiger partial charge on any atom is 0.419 e. The van der Waals surface area contributed by atoms with Crippen molar-refractivity contribution in [2.45, 2.75) is 32.9 Å². The van der Waals surface area contributed by atoms with Crippen LogP contribution in [0.15, 0.2) is 57.7 Å². The van der Waals surface area contributed by atoms with Crippen molar-refractivity contribution in [1.29, 1.82) is 0 Å². The molecular weight excluding hydrogens is 360 g/mol. The van der Waals surface area contributed by atoms with E-state index in [2.05, 4.69) is 16.0 Å². The summed E-state index contributed by atoms with van der Waals surface area (Å²) in [6, 6.07) is 13.6. The molecule has 3 amide bonds. The first kappa shape index (κ1) is 19.2. The number of nitrogens with zero attached hydrogens (tertiary/aromatic N) is 1. The molecule has 28 heavy (non-hydrogen) atoms. The highest BCUT2D eigenvalue weighted by atomic mass is 16.4. The number of para-hydroxylation sites is 4. The summed E-state index contributed by atoms with van der Waals surface area (Å²) in [6.07, 6.45) is 0.0793. The fourth-order valence-corrected chi connectivity index (χ4v) is 2.77. The van der Waals surface area contributed by atoms with Crippen molar-refractivity contribution in [3.05, 3.63) is 59.1 Å². The molecule has 1 heterocycles. The summed E-state index contributed by atoms with van der Waals surface area (Å²) in [6.45, 7) is 3.90. The first-order chi connectivity index (χ1) is 13.4. The standard InChI is InChI=1S/C20H22N4O4/c1-13(2)21-19(26)23-15-8-4-3-7-14(15)22-18(25)11-12-24-16-9-5-6-10-17(16)28-20(24)27/h3-10,13H,11-12H2,1-2H3,(H,22,25)(H2,21,23,26). The molecule has 3 rings (SSSR count). The van der Waals surface area contributed by atoms with Gasteiger partial charge in [0, 0.05) is 19.0 Å². The molecule has 0 aliphatic rings. The predicted octanol–water partition coefficient (Wildman–Crippen LogP) is 3.15. The number of rotatable bonds is 6. The van der Waals surface area contributed by atoms with Gasteiger partial charge in [0.05, 0.1) is 16.9 Å². The van der Waals surface area contributed by atoms with Crippen LogP contribution in [0, 0.1) is 0 Å². The van der Waals surface area contributed by atoms with E-state index in [1.807, 2.05) is 13.8 Å². The predicted molar refractivity (Wildman–Crippen MR) is 107 cm³/mol. The fourth-order valence-electron chi connectivity index (χ4n) is 2.77. The Kier molecular flexibility index (Phi) is 5.78. The summed E-state index contributed by atoms with van der Waals surface area (Å²) < 4.78 is 6.59. The van der Waals surface area contributed by atoms with E-state index in [1.165, 1.54) is 4.57 Å². The number of carbonyl (C=O) groups is 2. The van der Waals surface area contributed by atoms with Gasteiger partial charge in [-0.05, 0) is 38.1 Å². The third-order valence-electron chi connectivity index (χ3n) is 4.01. The van der Waals surface area contributed by atoms with E-state index in [9.17, 15) is 14.4 Å². The van der Waals surface area contributed by atoms with E-state index in [-0.39, 0.29) is 30.9 Å². The molecule has 0 fully saturated rings. The van der Waals surface area contributed by atoms with Crippen LogP contribution in [-0.2, 0) is 11.3 Å². The van der Waals surface area contributed by atoms with Crippen LogP contribution in [0.3, 0.4) is 0 Å². The quantitative estimate of drug-likeness (QED) is 0.609. The number of benzene rings is 2. The minimum Gasteiger partial charge on any atom is -0.408 e. The number of anilines is 2. The van der Waals surface area contributed by atoms with Crippen molar-refractivity contribution in [3.8, 4) is 0 Å². The summed E-state index contributed by atoms with van der Waals surface area (Å²) in [7, 11) is 0. The molecular formula is C20H22N4O4. The molecule has 1 aromatic heterocycles. The molecule has 0 radical (unpaired) electrons. The third-order valence-corrected chi connectivity index (χ3v) is 4.01. The maximum absolute atomic E-state index is 12.4. The van der Waals surface area contributed by atoms with Crippen molar-refractivity contribution >= 4 is 34.4 Å². The first-order valence-electron chi connectivity index (χ1n) is 8.99. The Morgan fingerprint density at radius 3 is 2.36 bits per heavy atom. The Morgan fingerprint density at radius 2 is 1.64 bits per heavy atom. The van der Waals surface area contributed by atoms with E-state index in [0.717, 1.165) is 0 Å². The lowest BCUT2D eigenvalue weighted by atomic mass is 10.2. The average molecular weight is 382 g/mol. The molecule has 0 saturated heterocycles. The number of fused-ring (bicyclic) bond motifs is 1. The molecule has 3 aromatic rings. The monoisotopic (exact) mass is 382 g/mol. The minimum absolute atomic E-state index is 0.00940. The molecule has 0 aliphatic heterocycles. The Morgan fingerprint density at radius 1 is 1.00 bits per heavy atom. The van der Waals surface area contributed by atoms with Crippen LogP contribution in [0.1, 0.15) is 20.3 Å². The SMILES string of the molecule is CC(C)NC(=O)Nc1ccccc1NC(=O)CCn1c(=O)oc2ccccc21. The largest absolute Gasteiger partial charge is 0.419 e. The number of urea groups is 1. The number of aromatic nitrogens is 1. The Bertz CT molecular complexity index is 1050. The van der Waals surface area contributed by atoms with Gasteiger partial charge in [-0.2, -0.15) is 0 Å². The molecule has 3 N–H and O–H groups in total. The lowest BCUT2D eigenvalue weighted by Crippen LogP contribution is -2.34. The fraction of sp³-hybridized carbons (Fsp3) is 0.250. The summed E-state index contributed by atoms with van der Waals surface area (Å²) in [4.78, 5) is 36.3. The molecule has 0 unspecified atom stereocenters. The van der Waals surface area contributed by atoms with Crippen molar-refractivity contribution in [1.82, 2.24) is 9.88 Å². The van der Waals surface area contributed by atoms with Gasteiger partial charge in [-0.25, -0.2) is 9.59 Å². The zero-order valence-corrected chi connectivity index (χ0v) is 15.7. The Balaban J connectivity index is 1.66. The van der Waals surface area contributed by atoms with E-state index in [4.69, 9.17) is 4.42 Å². The molecule has 0 aliphatic carbocycles. The van der Waals surface area contributed by atoms with Crippen molar-refractivity contribution in [2.24, 2.45) is 0 Å². The number of nitrogens with one attached hydrogen (secondary N) is 3. The summed E-state index contributed by atoms with van der Waals surface area (Å²) >= 11 is 0. The van der Waals surface area contributed by atoms with Gasteiger partial charge < -0.3 is 20.4 Å². The highest BCUT2D eigenvalue weighted by Gasteiger charge is 2.13. The van der Waals surface area contributed by atoms with Crippen molar-refractivity contribution in [3.63, 3.8) is 0 Å². The smallest absolute Gasteiger partial charge is 0.408 e. The number of amides is 3. The molecule has 8 nitrogen and oxygen atoms in total. The molecule has 2 aromatic carbocycles. The van der Waals surface area contributed by atoms with E-state index >= 15 is 0 Å². The van der Waals surface area contributed by atoms with Gasteiger partial charge in [0.1, 0.15) is 0 Å². The molecule has 0 atom stereocenters. The number of carbonyl (C=O) groups excluding carboxylic acids is 2. The second kappa shape index (κ2) is 8.43. The van der Waals surface area contributed by atoms with Gasteiger partial charge >= 0.3 is 11.8 Å². The van der Waals surface area contributed by atoms with Gasteiger partial charge in [-0.1, -0.05) is 24.3 Å². The number of oxazole rings is 1. The van der Waals surface area contributed by atoms with Gasteiger partial charge in [0.15, 0.2) is 5.58 Å². The zero-order valence-electron chi connectivity index (χ0n) is 15.7. The second-order valence-electron chi connectivity index (χ2n) is 6.58.